The summed E-state index contributed by atoms with van der Waals surface area (Å²) in [4.78, 5) is 0. The summed E-state index contributed by atoms with van der Waals surface area (Å²) in [6, 6.07) is 3.75. The van der Waals surface area contributed by atoms with E-state index >= 15 is 0 Å². The van der Waals surface area contributed by atoms with E-state index in [4.69, 9.17) is 6.42 Å². The Hall–Kier alpha value is -0.980. The summed E-state index contributed by atoms with van der Waals surface area (Å²) in [5, 5.41) is 20.8. The zero-order chi connectivity index (χ0) is 16.4. The number of fused-ring (bicyclic) bond motifs is 5. The van der Waals surface area contributed by atoms with Crippen LogP contribution in [0.25, 0.3) is 0 Å². The van der Waals surface area contributed by atoms with Crippen LogP contribution in [0, 0.1) is 29.6 Å². The summed E-state index contributed by atoms with van der Waals surface area (Å²) < 4.78 is 1.04. The van der Waals surface area contributed by atoms with Gasteiger partial charge in [0.1, 0.15) is 11.4 Å². The molecule has 3 heteroatoms. The van der Waals surface area contributed by atoms with Crippen molar-refractivity contribution in [2.24, 2.45) is 17.3 Å². The highest BCUT2D eigenvalue weighted by molar-refractivity contribution is 9.10. The Morgan fingerprint density at radius 1 is 1.26 bits per heavy atom. The summed E-state index contributed by atoms with van der Waals surface area (Å²) >= 11 is 3.68. The Labute approximate surface area is 146 Å². The van der Waals surface area contributed by atoms with Gasteiger partial charge in [0, 0.05) is 9.89 Å². The molecule has 0 spiro atoms. The number of aryl methyl sites for hydroxylation is 1. The van der Waals surface area contributed by atoms with Crippen molar-refractivity contribution in [1.29, 1.82) is 0 Å². The summed E-state index contributed by atoms with van der Waals surface area (Å²) in [5.74, 6) is 4.68. The van der Waals surface area contributed by atoms with Crippen molar-refractivity contribution in [1.82, 2.24) is 0 Å². The van der Waals surface area contributed by atoms with Crippen LogP contribution in [0.2, 0.25) is 0 Å². The maximum atomic E-state index is 11.0. The van der Waals surface area contributed by atoms with Crippen LogP contribution in [0.5, 0.6) is 5.75 Å². The number of phenolic OH excluding ortho intramolecular Hbond substituents is 1. The minimum Gasteiger partial charge on any atom is -0.508 e. The third kappa shape index (κ3) is 1.98. The predicted octanol–water partition coefficient (Wildman–Crippen LogP) is 4.38. The lowest BCUT2D eigenvalue weighted by Crippen LogP contribution is -2.50. The molecule has 0 aliphatic heterocycles. The first-order chi connectivity index (χ1) is 10.9. The van der Waals surface area contributed by atoms with Gasteiger partial charge in [0.15, 0.2) is 0 Å². The van der Waals surface area contributed by atoms with Gasteiger partial charge in [-0.3, -0.25) is 0 Å². The summed E-state index contributed by atoms with van der Waals surface area (Å²) in [6.07, 6.45) is 11.7. The first kappa shape index (κ1) is 15.5. The van der Waals surface area contributed by atoms with Crippen molar-refractivity contribution in [2.75, 3.05) is 0 Å². The van der Waals surface area contributed by atoms with Gasteiger partial charge >= 0.3 is 0 Å². The highest BCUT2D eigenvalue weighted by atomic mass is 79.9. The molecule has 2 nitrogen and oxygen atoms in total. The van der Waals surface area contributed by atoms with E-state index in [1.54, 1.807) is 0 Å². The first-order valence-corrected chi connectivity index (χ1v) is 9.40. The Kier molecular flexibility index (Phi) is 3.38. The molecule has 0 aromatic heterocycles. The fraction of sp³-hybridized carbons (Fsp3) is 0.600. The lowest BCUT2D eigenvalue weighted by Gasteiger charge is -2.52. The highest BCUT2D eigenvalue weighted by Gasteiger charge is 2.61. The molecule has 122 valence electrons. The topological polar surface area (TPSA) is 40.5 Å². The number of aromatic hydroxyl groups is 1. The molecule has 3 aliphatic carbocycles. The molecule has 0 heterocycles. The smallest absolute Gasteiger partial charge is 0.130 e. The quantitative estimate of drug-likeness (QED) is 0.661. The van der Waals surface area contributed by atoms with E-state index in [0.717, 1.165) is 43.0 Å². The monoisotopic (exact) mass is 374 g/mol. The average Bonchev–Trinajstić information content (AvgIpc) is 2.79. The van der Waals surface area contributed by atoms with Gasteiger partial charge < -0.3 is 10.2 Å². The third-order valence-corrected chi connectivity index (χ3v) is 7.80. The van der Waals surface area contributed by atoms with E-state index in [9.17, 15) is 10.2 Å². The van der Waals surface area contributed by atoms with Gasteiger partial charge in [-0.05, 0) is 79.5 Å². The van der Waals surface area contributed by atoms with Crippen LogP contribution in [0.4, 0.5) is 0 Å². The van der Waals surface area contributed by atoms with Crippen LogP contribution in [-0.2, 0) is 6.42 Å². The molecule has 1 aromatic carbocycles. The molecule has 5 atom stereocenters. The number of aliphatic hydroxyl groups is 1. The molecular weight excluding hydrogens is 352 g/mol. The van der Waals surface area contributed by atoms with Gasteiger partial charge in [-0.25, -0.2) is 0 Å². The number of hydrogen-bond donors (Lipinski definition) is 2. The van der Waals surface area contributed by atoms with Gasteiger partial charge in [0.25, 0.3) is 0 Å². The fourth-order valence-corrected chi connectivity index (χ4v) is 6.69. The number of benzene rings is 1. The molecular formula is C20H23BrO2. The summed E-state index contributed by atoms with van der Waals surface area (Å²) in [5.41, 5.74) is 1.59. The van der Waals surface area contributed by atoms with Crippen LogP contribution >= 0.6 is 15.9 Å². The van der Waals surface area contributed by atoms with E-state index < -0.39 is 5.60 Å². The Bertz CT molecular complexity index is 706. The molecule has 0 amide bonds. The molecule has 3 aliphatic rings. The third-order valence-electron chi connectivity index (χ3n) is 7.15. The SMILES string of the molecule is C#C[C@@]1(O)CC[C@H]2[C@@H]3CCc4cc(O)cc(Br)c4[C@H]3CC[C@@]21C. The molecule has 0 unspecified atom stereocenters. The van der Waals surface area contributed by atoms with Crippen molar-refractivity contribution in [3.05, 3.63) is 27.7 Å². The lowest BCUT2D eigenvalue weighted by atomic mass is 9.53. The van der Waals surface area contributed by atoms with E-state index in [-0.39, 0.29) is 5.41 Å². The second-order valence-corrected chi connectivity index (χ2v) is 8.77. The van der Waals surface area contributed by atoms with Crippen LogP contribution in [-0.4, -0.2) is 15.8 Å². The molecule has 0 saturated heterocycles. The van der Waals surface area contributed by atoms with Crippen molar-refractivity contribution in [3.8, 4) is 18.1 Å². The first-order valence-electron chi connectivity index (χ1n) is 8.61. The van der Waals surface area contributed by atoms with Crippen LogP contribution < -0.4 is 0 Å². The molecule has 2 saturated carbocycles. The van der Waals surface area contributed by atoms with Crippen LogP contribution in [0.15, 0.2) is 16.6 Å². The van der Waals surface area contributed by atoms with Crippen molar-refractivity contribution >= 4 is 15.9 Å². The zero-order valence-corrected chi connectivity index (χ0v) is 15.1. The van der Waals surface area contributed by atoms with Crippen molar-refractivity contribution in [3.63, 3.8) is 0 Å². The standard InChI is InChI=1S/C20H23BrO2/c1-3-20(23)9-7-16-14-5-4-12-10-13(22)11-17(21)18(12)15(14)6-8-19(16,20)2/h1,10-11,14-16,22-23H,4-9H2,2H3/t14-,15+,16+,19+,20-/m1/s1. The number of rotatable bonds is 0. The van der Waals surface area contributed by atoms with Gasteiger partial charge in [0.2, 0.25) is 0 Å². The molecule has 0 bridgehead atoms. The van der Waals surface area contributed by atoms with E-state index in [2.05, 4.69) is 28.8 Å². The minimum absolute atomic E-state index is 0.149. The molecule has 0 radical (unpaired) electrons. The van der Waals surface area contributed by atoms with Crippen LogP contribution in [0.3, 0.4) is 0 Å². The Balaban J connectivity index is 1.75. The second kappa shape index (κ2) is 5.01. The fourth-order valence-electron chi connectivity index (χ4n) is 5.90. The molecule has 2 N–H and O–H groups in total. The van der Waals surface area contributed by atoms with Gasteiger partial charge in [0.05, 0.1) is 0 Å². The van der Waals surface area contributed by atoms with E-state index in [0.29, 0.717) is 23.5 Å². The number of phenols is 1. The number of hydrogen-bond acceptors (Lipinski definition) is 2. The van der Waals surface area contributed by atoms with Crippen LogP contribution in [0.1, 0.15) is 56.1 Å². The zero-order valence-electron chi connectivity index (χ0n) is 13.5. The Morgan fingerprint density at radius 3 is 2.78 bits per heavy atom. The van der Waals surface area contributed by atoms with Crippen molar-refractivity contribution < 1.29 is 10.2 Å². The van der Waals surface area contributed by atoms with Gasteiger partial charge in [-0.15, -0.1) is 6.42 Å². The van der Waals surface area contributed by atoms with Crippen molar-refractivity contribution in [2.45, 2.75) is 57.0 Å². The summed E-state index contributed by atoms with van der Waals surface area (Å²) in [7, 11) is 0. The normalized spacial score (nSPS) is 41.6. The van der Waals surface area contributed by atoms with E-state index in [1.807, 2.05) is 12.1 Å². The predicted molar refractivity (Wildman–Crippen MR) is 94.2 cm³/mol. The summed E-state index contributed by atoms with van der Waals surface area (Å²) in [6.45, 7) is 2.21. The molecule has 23 heavy (non-hydrogen) atoms. The van der Waals surface area contributed by atoms with Gasteiger partial charge in [-0.2, -0.15) is 0 Å². The molecule has 2 fully saturated rings. The molecule has 4 rings (SSSR count). The second-order valence-electron chi connectivity index (χ2n) is 7.92. The maximum absolute atomic E-state index is 11.0. The minimum atomic E-state index is -0.935. The number of terminal acetylenes is 1. The van der Waals surface area contributed by atoms with E-state index in [1.165, 1.54) is 11.1 Å². The lowest BCUT2D eigenvalue weighted by molar-refractivity contribution is -0.0647. The van der Waals surface area contributed by atoms with Gasteiger partial charge in [-0.1, -0.05) is 28.8 Å². The largest absolute Gasteiger partial charge is 0.508 e. The number of halogens is 1. The average molecular weight is 375 g/mol. The molecule has 1 aromatic rings. The Morgan fingerprint density at radius 2 is 2.04 bits per heavy atom. The maximum Gasteiger partial charge on any atom is 0.130 e. The highest BCUT2D eigenvalue weighted by Crippen LogP contribution is 2.64.